The molecular weight excluding hydrogens is 340 g/mol. The number of carbonyl (C=O) groups is 2. The molecule has 2 atom stereocenters. The smallest absolute Gasteiger partial charge is 0.224 e. The molecule has 1 saturated carbocycles. The molecule has 0 radical (unpaired) electrons. The average Bonchev–Trinajstić information content (AvgIpc) is 3.23. The van der Waals surface area contributed by atoms with E-state index in [1.165, 1.54) is 11.1 Å². The van der Waals surface area contributed by atoms with Gasteiger partial charge in [-0.25, -0.2) is 0 Å². The first-order valence-corrected chi connectivity index (χ1v) is 9.72. The van der Waals surface area contributed by atoms with E-state index < -0.39 is 0 Å². The summed E-state index contributed by atoms with van der Waals surface area (Å²) in [7, 11) is 0. The SMILES string of the molecule is Cc1ccc(C2CN(C(=O)CCn3cccn3)CC2NC(=O)C2CC2)cc1. The van der Waals surface area contributed by atoms with Gasteiger partial charge in [-0.1, -0.05) is 29.8 Å². The van der Waals surface area contributed by atoms with Gasteiger partial charge in [0.05, 0.1) is 6.04 Å². The highest BCUT2D eigenvalue weighted by Crippen LogP contribution is 2.32. The molecule has 27 heavy (non-hydrogen) atoms. The summed E-state index contributed by atoms with van der Waals surface area (Å²) in [6.45, 7) is 3.87. The number of nitrogens with zero attached hydrogens (tertiary/aromatic N) is 3. The third kappa shape index (κ3) is 4.21. The van der Waals surface area contributed by atoms with E-state index in [1.54, 1.807) is 10.9 Å². The summed E-state index contributed by atoms with van der Waals surface area (Å²) in [5.41, 5.74) is 2.39. The lowest BCUT2D eigenvalue weighted by atomic mass is 9.93. The van der Waals surface area contributed by atoms with Crippen molar-refractivity contribution in [1.29, 1.82) is 0 Å². The molecular formula is C21H26N4O2. The lowest BCUT2D eigenvalue weighted by Gasteiger charge is -2.20. The van der Waals surface area contributed by atoms with Crippen LogP contribution in [-0.4, -0.2) is 45.6 Å². The zero-order chi connectivity index (χ0) is 18.8. The molecule has 1 aromatic carbocycles. The molecule has 2 unspecified atom stereocenters. The van der Waals surface area contributed by atoms with Gasteiger partial charge >= 0.3 is 0 Å². The van der Waals surface area contributed by atoms with Crippen molar-refractivity contribution in [2.45, 2.75) is 44.7 Å². The molecule has 1 N–H and O–H groups in total. The van der Waals surface area contributed by atoms with Crippen LogP contribution in [0.4, 0.5) is 0 Å². The van der Waals surface area contributed by atoms with Crippen LogP contribution in [0.1, 0.15) is 36.3 Å². The van der Waals surface area contributed by atoms with Crippen molar-refractivity contribution in [3.8, 4) is 0 Å². The van der Waals surface area contributed by atoms with Gasteiger partial charge in [0, 0.05) is 50.3 Å². The van der Waals surface area contributed by atoms with Crippen LogP contribution in [-0.2, 0) is 16.1 Å². The van der Waals surface area contributed by atoms with Gasteiger partial charge in [-0.2, -0.15) is 5.10 Å². The third-order valence-corrected chi connectivity index (χ3v) is 5.57. The minimum absolute atomic E-state index is 0.0190. The molecule has 2 aromatic rings. The van der Waals surface area contributed by atoms with Gasteiger partial charge in [0.25, 0.3) is 0 Å². The Bertz CT molecular complexity index is 796. The molecule has 0 bridgehead atoms. The van der Waals surface area contributed by atoms with Crippen LogP contribution in [0.25, 0.3) is 0 Å². The van der Waals surface area contributed by atoms with E-state index in [4.69, 9.17) is 0 Å². The van der Waals surface area contributed by atoms with Gasteiger partial charge in [0.15, 0.2) is 0 Å². The number of nitrogens with one attached hydrogen (secondary N) is 1. The van der Waals surface area contributed by atoms with Crippen LogP contribution in [0.2, 0.25) is 0 Å². The predicted octanol–water partition coefficient (Wildman–Crippen LogP) is 2.10. The number of rotatable bonds is 6. The Morgan fingerprint density at radius 3 is 2.63 bits per heavy atom. The zero-order valence-electron chi connectivity index (χ0n) is 15.7. The van der Waals surface area contributed by atoms with Gasteiger partial charge in [-0.05, 0) is 31.4 Å². The third-order valence-electron chi connectivity index (χ3n) is 5.57. The molecule has 142 valence electrons. The Kier molecular flexibility index (Phi) is 4.97. The fourth-order valence-electron chi connectivity index (χ4n) is 3.75. The minimum atomic E-state index is -0.0190. The monoisotopic (exact) mass is 366 g/mol. The number of aromatic nitrogens is 2. The van der Waals surface area contributed by atoms with Crippen molar-refractivity contribution in [3.63, 3.8) is 0 Å². The van der Waals surface area contributed by atoms with E-state index >= 15 is 0 Å². The van der Waals surface area contributed by atoms with Gasteiger partial charge < -0.3 is 10.2 Å². The Labute approximate surface area is 159 Å². The first kappa shape index (κ1) is 17.8. The van der Waals surface area contributed by atoms with Gasteiger partial charge in [-0.15, -0.1) is 0 Å². The van der Waals surface area contributed by atoms with Crippen LogP contribution in [0, 0.1) is 12.8 Å². The average molecular weight is 366 g/mol. The van der Waals surface area contributed by atoms with Crippen molar-refractivity contribution in [1.82, 2.24) is 20.0 Å². The summed E-state index contributed by atoms with van der Waals surface area (Å²) in [4.78, 5) is 26.9. The molecule has 2 heterocycles. The van der Waals surface area contributed by atoms with E-state index in [-0.39, 0.29) is 29.7 Å². The summed E-state index contributed by atoms with van der Waals surface area (Å²) in [5.74, 6) is 0.573. The fraction of sp³-hybridized carbons (Fsp3) is 0.476. The van der Waals surface area contributed by atoms with E-state index in [9.17, 15) is 9.59 Å². The van der Waals surface area contributed by atoms with Gasteiger partial charge in [-0.3, -0.25) is 14.3 Å². The molecule has 6 heteroatoms. The summed E-state index contributed by atoms with van der Waals surface area (Å²) < 4.78 is 1.78. The standard InChI is InChI=1S/C21H26N4O2/c1-15-3-5-16(6-4-15)18-13-24(14-19(18)23-21(27)17-7-8-17)20(26)9-12-25-11-2-10-22-25/h2-6,10-11,17-19H,7-9,12-14H2,1H3,(H,23,27). The second-order valence-electron chi connectivity index (χ2n) is 7.72. The Hall–Kier alpha value is -2.63. The maximum Gasteiger partial charge on any atom is 0.224 e. The second-order valence-corrected chi connectivity index (χ2v) is 7.72. The highest BCUT2D eigenvalue weighted by atomic mass is 16.2. The molecule has 2 aliphatic rings. The zero-order valence-corrected chi connectivity index (χ0v) is 15.7. The van der Waals surface area contributed by atoms with E-state index in [1.807, 2.05) is 17.2 Å². The van der Waals surface area contributed by atoms with Gasteiger partial charge in [0.1, 0.15) is 0 Å². The quantitative estimate of drug-likeness (QED) is 0.851. The van der Waals surface area contributed by atoms with Crippen molar-refractivity contribution < 1.29 is 9.59 Å². The van der Waals surface area contributed by atoms with Crippen LogP contribution < -0.4 is 5.32 Å². The first-order chi connectivity index (χ1) is 13.1. The molecule has 1 aliphatic heterocycles. The number of hydrogen-bond donors (Lipinski definition) is 1. The minimum Gasteiger partial charge on any atom is -0.351 e. The predicted molar refractivity (Wildman–Crippen MR) is 102 cm³/mol. The highest BCUT2D eigenvalue weighted by molar-refractivity contribution is 5.82. The number of likely N-dealkylation sites (tertiary alicyclic amines) is 1. The van der Waals surface area contributed by atoms with Gasteiger partial charge in [0.2, 0.25) is 11.8 Å². The fourth-order valence-corrected chi connectivity index (χ4v) is 3.75. The summed E-state index contributed by atoms with van der Waals surface area (Å²) in [6, 6.07) is 10.3. The lowest BCUT2D eigenvalue weighted by molar-refractivity contribution is -0.131. The van der Waals surface area contributed by atoms with Crippen molar-refractivity contribution >= 4 is 11.8 Å². The van der Waals surface area contributed by atoms with E-state index in [0.717, 1.165) is 12.8 Å². The normalized spacial score (nSPS) is 22.0. The molecule has 2 amide bonds. The molecule has 0 spiro atoms. The second kappa shape index (κ2) is 7.55. The molecule has 1 aromatic heterocycles. The number of hydrogen-bond acceptors (Lipinski definition) is 3. The van der Waals surface area contributed by atoms with Crippen molar-refractivity contribution in [2.75, 3.05) is 13.1 Å². The molecule has 1 saturated heterocycles. The largest absolute Gasteiger partial charge is 0.351 e. The van der Waals surface area contributed by atoms with Crippen LogP contribution in [0.5, 0.6) is 0 Å². The maximum absolute atomic E-state index is 12.7. The number of aryl methyl sites for hydroxylation is 2. The highest BCUT2D eigenvalue weighted by Gasteiger charge is 2.39. The topological polar surface area (TPSA) is 67.2 Å². The molecule has 6 nitrogen and oxygen atoms in total. The van der Waals surface area contributed by atoms with Crippen LogP contribution in [0.15, 0.2) is 42.7 Å². The van der Waals surface area contributed by atoms with E-state index in [0.29, 0.717) is 26.1 Å². The molecule has 2 fully saturated rings. The van der Waals surface area contributed by atoms with Crippen LogP contribution >= 0.6 is 0 Å². The van der Waals surface area contributed by atoms with Crippen molar-refractivity contribution in [3.05, 3.63) is 53.9 Å². The summed E-state index contributed by atoms with van der Waals surface area (Å²) in [5, 5.41) is 7.36. The number of amides is 2. The number of benzene rings is 1. The Morgan fingerprint density at radius 1 is 1.19 bits per heavy atom. The van der Waals surface area contributed by atoms with Crippen LogP contribution in [0.3, 0.4) is 0 Å². The Morgan fingerprint density at radius 2 is 1.96 bits per heavy atom. The molecule has 1 aliphatic carbocycles. The summed E-state index contributed by atoms with van der Waals surface area (Å²) in [6.07, 6.45) is 5.98. The number of carbonyl (C=O) groups excluding carboxylic acids is 2. The lowest BCUT2D eigenvalue weighted by Crippen LogP contribution is -2.41. The maximum atomic E-state index is 12.7. The van der Waals surface area contributed by atoms with Crippen molar-refractivity contribution in [2.24, 2.45) is 5.92 Å². The first-order valence-electron chi connectivity index (χ1n) is 9.72. The van der Waals surface area contributed by atoms with E-state index in [2.05, 4.69) is 41.6 Å². The summed E-state index contributed by atoms with van der Waals surface area (Å²) >= 11 is 0. The Balaban J connectivity index is 1.44. The molecule has 4 rings (SSSR count).